The molecule has 1 amide bonds. The van der Waals surface area contributed by atoms with E-state index in [1.807, 2.05) is 29.2 Å². The highest BCUT2D eigenvalue weighted by Gasteiger charge is 2.23. The van der Waals surface area contributed by atoms with Gasteiger partial charge < -0.3 is 14.2 Å². The monoisotopic (exact) mass is 467 g/mol. The molecular weight excluding hydrogens is 434 g/mol. The van der Waals surface area contributed by atoms with Gasteiger partial charge in [0, 0.05) is 61.4 Å². The molecule has 0 spiro atoms. The van der Waals surface area contributed by atoms with E-state index in [1.165, 1.54) is 33.3 Å². The van der Waals surface area contributed by atoms with Crippen LogP contribution in [-0.2, 0) is 13.1 Å². The molecule has 0 radical (unpaired) electrons. The Labute approximate surface area is 207 Å². The van der Waals surface area contributed by atoms with Gasteiger partial charge in [-0.25, -0.2) is 0 Å². The van der Waals surface area contributed by atoms with Gasteiger partial charge in [-0.05, 0) is 60.9 Å². The number of ether oxygens (including phenoxy) is 1. The Bertz CT molecular complexity index is 1330. The number of fused-ring (bicyclic) bond motifs is 1. The van der Waals surface area contributed by atoms with Gasteiger partial charge in [0.05, 0.1) is 7.11 Å². The lowest BCUT2D eigenvalue weighted by atomic mass is 10.1. The van der Waals surface area contributed by atoms with Crippen molar-refractivity contribution in [3.63, 3.8) is 0 Å². The first-order chi connectivity index (χ1) is 17.0. The number of aromatic nitrogens is 1. The smallest absolute Gasteiger partial charge is 0.253 e. The van der Waals surface area contributed by atoms with Gasteiger partial charge in [-0.3, -0.25) is 9.69 Å². The third-order valence-corrected chi connectivity index (χ3v) is 7.27. The first-order valence-corrected chi connectivity index (χ1v) is 12.3. The Kier molecular flexibility index (Phi) is 6.60. The number of benzene rings is 3. The molecule has 0 atom stereocenters. The predicted octanol–water partition coefficient (Wildman–Crippen LogP) is 5.27. The number of methoxy groups -OCH3 is 1. The summed E-state index contributed by atoms with van der Waals surface area (Å²) >= 11 is 0. The first kappa shape index (κ1) is 23.2. The van der Waals surface area contributed by atoms with Crippen LogP contribution in [0.1, 0.15) is 32.7 Å². The Morgan fingerprint density at radius 2 is 1.57 bits per heavy atom. The molecule has 35 heavy (non-hydrogen) atoms. The van der Waals surface area contributed by atoms with Crippen molar-refractivity contribution in [2.75, 3.05) is 33.3 Å². The molecule has 1 fully saturated rings. The van der Waals surface area contributed by atoms with Gasteiger partial charge in [0.25, 0.3) is 5.91 Å². The van der Waals surface area contributed by atoms with Gasteiger partial charge in [-0.1, -0.05) is 42.5 Å². The topological polar surface area (TPSA) is 37.7 Å². The number of carbonyl (C=O) groups excluding carboxylic acids is 1. The summed E-state index contributed by atoms with van der Waals surface area (Å²) in [4.78, 5) is 17.8. The molecule has 2 heterocycles. The van der Waals surface area contributed by atoms with Crippen LogP contribution in [0, 0.1) is 13.8 Å². The van der Waals surface area contributed by atoms with E-state index >= 15 is 0 Å². The molecular formula is C30H33N3O2. The lowest BCUT2D eigenvalue weighted by Gasteiger charge is -2.34. The highest BCUT2D eigenvalue weighted by molar-refractivity contribution is 5.99. The molecule has 0 aliphatic carbocycles. The number of amides is 1. The number of aryl methyl sites for hydroxylation is 1. The van der Waals surface area contributed by atoms with Crippen molar-refractivity contribution >= 4 is 16.8 Å². The Balaban J connectivity index is 1.28. The van der Waals surface area contributed by atoms with Crippen LogP contribution in [0.2, 0.25) is 0 Å². The maximum Gasteiger partial charge on any atom is 0.253 e. The van der Waals surface area contributed by atoms with E-state index in [4.69, 9.17) is 4.74 Å². The van der Waals surface area contributed by atoms with Crippen LogP contribution in [0.3, 0.4) is 0 Å². The van der Waals surface area contributed by atoms with Gasteiger partial charge in [0.15, 0.2) is 0 Å². The molecule has 0 saturated carbocycles. The lowest BCUT2D eigenvalue weighted by molar-refractivity contribution is 0.0628. The van der Waals surface area contributed by atoms with Crippen LogP contribution in [0.4, 0.5) is 0 Å². The van der Waals surface area contributed by atoms with Crippen LogP contribution in [0.15, 0.2) is 72.8 Å². The minimum atomic E-state index is 0.126. The summed E-state index contributed by atoms with van der Waals surface area (Å²) in [7, 11) is 1.70. The molecule has 5 nitrogen and oxygen atoms in total. The molecule has 180 valence electrons. The van der Waals surface area contributed by atoms with Crippen molar-refractivity contribution in [1.82, 2.24) is 14.4 Å². The van der Waals surface area contributed by atoms with Crippen LogP contribution >= 0.6 is 0 Å². The van der Waals surface area contributed by atoms with Gasteiger partial charge in [0.1, 0.15) is 5.75 Å². The van der Waals surface area contributed by atoms with Gasteiger partial charge >= 0.3 is 0 Å². The molecule has 5 rings (SSSR count). The normalized spacial score (nSPS) is 14.4. The van der Waals surface area contributed by atoms with E-state index < -0.39 is 0 Å². The maximum atomic E-state index is 13.4. The van der Waals surface area contributed by atoms with Crippen molar-refractivity contribution < 1.29 is 9.53 Å². The Hall–Kier alpha value is -3.57. The van der Waals surface area contributed by atoms with Gasteiger partial charge in [-0.2, -0.15) is 0 Å². The second-order valence-corrected chi connectivity index (χ2v) is 9.43. The van der Waals surface area contributed by atoms with E-state index in [-0.39, 0.29) is 5.91 Å². The van der Waals surface area contributed by atoms with Crippen LogP contribution < -0.4 is 4.74 Å². The van der Waals surface area contributed by atoms with Crippen molar-refractivity contribution in [3.8, 4) is 5.75 Å². The van der Waals surface area contributed by atoms with Crippen molar-refractivity contribution in [2.24, 2.45) is 0 Å². The number of rotatable bonds is 6. The summed E-state index contributed by atoms with van der Waals surface area (Å²) < 4.78 is 7.70. The molecule has 0 bridgehead atoms. The fraction of sp³-hybridized carbons (Fsp3) is 0.300. The van der Waals surface area contributed by atoms with Crippen LogP contribution in [0.5, 0.6) is 5.75 Å². The molecule has 1 aromatic heterocycles. The summed E-state index contributed by atoms with van der Waals surface area (Å²) in [5, 5.41) is 1.17. The molecule has 5 heteroatoms. The van der Waals surface area contributed by atoms with Crippen molar-refractivity contribution in [3.05, 3.63) is 101 Å². The fourth-order valence-corrected chi connectivity index (χ4v) is 5.07. The second kappa shape index (κ2) is 9.96. The molecule has 1 aliphatic rings. The van der Waals surface area contributed by atoms with E-state index in [0.717, 1.165) is 50.6 Å². The first-order valence-electron chi connectivity index (χ1n) is 12.3. The number of piperazine rings is 1. The standard InChI is InChI=1S/C30H33N3O2/c1-22-23(2)33(21-24-8-5-4-6-9-24)29-13-12-26(19-28(22)29)30(34)32-16-14-31(15-17-32)20-25-10-7-11-27(18-25)35-3/h4-13,18-19H,14-17,20-21H2,1-3H3. The zero-order valence-corrected chi connectivity index (χ0v) is 20.8. The number of hydrogen-bond acceptors (Lipinski definition) is 3. The Morgan fingerprint density at radius 1 is 0.829 bits per heavy atom. The number of nitrogens with zero attached hydrogens (tertiary/aromatic N) is 3. The quantitative estimate of drug-likeness (QED) is 0.388. The van der Waals surface area contributed by atoms with E-state index in [9.17, 15) is 4.79 Å². The average Bonchev–Trinajstić information content (AvgIpc) is 3.13. The summed E-state index contributed by atoms with van der Waals surface area (Å²) in [5.41, 5.74) is 6.97. The summed E-state index contributed by atoms with van der Waals surface area (Å²) in [6.45, 7) is 9.26. The lowest BCUT2D eigenvalue weighted by Crippen LogP contribution is -2.48. The Morgan fingerprint density at radius 3 is 2.31 bits per heavy atom. The zero-order valence-electron chi connectivity index (χ0n) is 20.8. The van der Waals surface area contributed by atoms with E-state index in [1.54, 1.807) is 7.11 Å². The summed E-state index contributed by atoms with van der Waals surface area (Å²) in [6.07, 6.45) is 0. The van der Waals surface area contributed by atoms with E-state index in [0.29, 0.717) is 0 Å². The third-order valence-electron chi connectivity index (χ3n) is 7.27. The highest BCUT2D eigenvalue weighted by atomic mass is 16.5. The maximum absolute atomic E-state index is 13.4. The largest absolute Gasteiger partial charge is 0.497 e. The number of hydrogen-bond donors (Lipinski definition) is 0. The molecule has 0 N–H and O–H groups in total. The number of carbonyl (C=O) groups is 1. The minimum absolute atomic E-state index is 0.126. The second-order valence-electron chi connectivity index (χ2n) is 9.43. The molecule has 0 unspecified atom stereocenters. The molecule has 1 saturated heterocycles. The fourth-order valence-electron chi connectivity index (χ4n) is 5.07. The van der Waals surface area contributed by atoms with Crippen LogP contribution in [0.25, 0.3) is 10.9 Å². The minimum Gasteiger partial charge on any atom is -0.497 e. The zero-order chi connectivity index (χ0) is 24.4. The highest BCUT2D eigenvalue weighted by Crippen LogP contribution is 2.28. The average molecular weight is 468 g/mol. The van der Waals surface area contributed by atoms with E-state index in [2.05, 4.69) is 71.8 Å². The molecule has 3 aromatic carbocycles. The summed E-state index contributed by atoms with van der Waals surface area (Å²) in [6, 6.07) is 24.9. The van der Waals surface area contributed by atoms with Gasteiger partial charge in [0.2, 0.25) is 0 Å². The third kappa shape index (κ3) is 4.82. The van der Waals surface area contributed by atoms with Crippen molar-refractivity contribution in [2.45, 2.75) is 26.9 Å². The van der Waals surface area contributed by atoms with Crippen molar-refractivity contribution in [1.29, 1.82) is 0 Å². The van der Waals surface area contributed by atoms with Gasteiger partial charge in [-0.15, -0.1) is 0 Å². The SMILES string of the molecule is COc1cccc(CN2CCN(C(=O)c3ccc4c(c3)c(C)c(C)n4Cc3ccccc3)CC2)c1. The summed E-state index contributed by atoms with van der Waals surface area (Å²) in [5.74, 6) is 1.01. The van der Waals surface area contributed by atoms with Crippen LogP contribution in [-0.4, -0.2) is 53.6 Å². The molecule has 1 aliphatic heterocycles. The predicted molar refractivity (Wildman–Crippen MR) is 141 cm³/mol. The molecule has 4 aromatic rings.